The Hall–Kier alpha value is -2.44. The highest BCUT2D eigenvalue weighted by atomic mass is 16.5. The SMILES string of the molecule is C=C(CO)C(=O)OCC(COC(=O)C(=C)CO)c1ccc(CCC2CCC(CCCCC)CC2)c(C)c1. The standard InChI is InChI=1S/C31H46O6/c1-5-6-7-8-25-9-11-26(12-10-25)13-14-27-15-16-28(17-22(27)2)29(20-36-30(34)23(3)18-32)21-37-31(35)24(4)19-33/h15-17,25-26,29,32-33H,3-14,18-21H2,1-2H3. The van der Waals surface area contributed by atoms with Crippen molar-refractivity contribution in [1.29, 1.82) is 0 Å². The summed E-state index contributed by atoms with van der Waals surface area (Å²) in [7, 11) is 0. The van der Waals surface area contributed by atoms with Crippen LogP contribution in [-0.4, -0.2) is 48.6 Å². The third-order valence-electron chi connectivity index (χ3n) is 7.63. The molecule has 37 heavy (non-hydrogen) atoms. The molecule has 0 heterocycles. The third kappa shape index (κ3) is 10.4. The van der Waals surface area contributed by atoms with Crippen molar-refractivity contribution in [3.63, 3.8) is 0 Å². The minimum absolute atomic E-state index is 0.0307. The molecule has 2 N–H and O–H groups in total. The Morgan fingerprint density at radius 1 is 0.919 bits per heavy atom. The van der Waals surface area contributed by atoms with Crippen LogP contribution in [-0.2, 0) is 25.5 Å². The summed E-state index contributed by atoms with van der Waals surface area (Å²) in [6.45, 7) is 10.3. The number of aliphatic hydroxyl groups excluding tert-OH is 2. The lowest BCUT2D eigenvalue weighted by atomic mass is 9.77. The van der Waals surface area contributed by atoms with Crippen molar-refractivity contribution in [3.8, 4) is 0 Å². The number of aliphatic hydroxyl groups is 2. The monoisotopic (exact) mass is 514 g/mol. The first-order valence-corrected chi connectivity index (χ1v) is 13.8. The normalized spacial score (nSPS) is 17.4. The van der Waals surface area contributed by atoms with E-state index in [-0.39, 0.29) is 24.4 Å². The summed E-state index contributed by atoms with van der Waals surface area (Å²) in [6.07, 6.45) is 13.1. The quantitative estimate of drug-likeness (QED) is 0.170. The van der Waals surface area contributed by atoms with E-state index in [1.165, 1.54) is 63.4 Å². The Morgan fingerprint density at radius 2 is 1.46 bits per heavy atom. The Morgan fingerprint density at radius 3 is 1.95 bits per heavy atom. The molecule has 0 aliphatic heterocycles. The second kappa shape index (κ2) is 16.4. The van der Waals surface area contributed by atoms with Gasteiger partial charge in [-0.25, -0.2) is 9.59 Å². The number of unbranched alkanes of at least 4 members (excludes halogenated alkanes) is 2. The summed E-state index contributed by atoms with van der Waals surface area (Å²) >= 11 is 0. The molecule has 0 aromatic heterocycles. The van der Waals surface area contributed by atoms with Crippen LogP contribution in [0.15, 0.2) is 42.5 Å². The van der Waals surface area contributed by atoms with Gasteiger partial charge in [0.2, 0.25) is 0 Å². The lowest BCUT2D eigenvalue weighted by Gasteiger charge is -2.28. The second-order valence-corrected chi connectivity index (χ2v) is 10.5. The fraction of sp³-hybridized carbons (Fsp3) is 0.613. The molecule has 1 aliphatic carbocycles. The molecule has 0 radical (unpaired) electrons. The fourth-order valence-corrected chi connectivity index (χ4v) is 5.03. The molecule has 0 bridgehead atoms. The van der Waals surface area contributed by atoms with Gasteiger partial charge in [-0.2, -0.15) is 0 Å². The van der Waals surface area contributed by atoms with Crippen molar-refractivity contribution < 1.29 is 29.3 Å². The molecule has 1 saturated carbocycles. The van der Waals surface area contributed by atoms with Crippen LogP contribution in [0, 0.1) is 18.8 Å². The zero-order valence-electron chi connectivity index (χ0n) is 22.8. The molecule has 1 aromatic rings. The van der Waals surface area contributed by atoms with Crippen molar-refractivity contribution in [2.24, 2.45) is 11.8 Å². The van der Waals surface area contributed by atoms with Crippen molar-refractivity contribution in [1.82, 2.24) is 0 Å². The van der Waals surface area contributed by atoms with E-state index in [0.717, 1.165) is 29.4 Å². The molecule has 1 aliphatic rings. The third-order valence-corrected chi connectivity index (χ3v) is 7.63. The molecule has 1 aromatic carbocycles. The molecule has 0 spiro atoms. The smallest absolute Gasteiger partial charge is 0.335 e. The van der Waals surface area contributed by atoms with Crippen LogP contribution in [0.1, 0.15) is 87.3 Å². The summed E-state index contributed by atoms with van der Waals surface area (Å²) in [5.74, 6) is -0.0546. The Balaban J connectivity index is 1.97. The number of benzene rings is 1. The average molecular weight is 515 g/mol. The van der Waals surface area contributed by atoms with Gasteiger partial charge in [0.05, 0.1) is 30.3 Å². The van der Waals surface area contributed by atoms with Gasteiger partial charge >= 0.3 is 11.9 Å². The van der Waals surface area contributed by atoms with Gasteiger partial charge in [-0.1, -0.05) is 89.6 Å². The molecule has 2 rings (SSSR count). The van der Waals surface area contributed by atoms with E-state index in [1.807, 2.05) is 6.07 Å². The Bertz CT molecular complexity index is 865. The van der Waals surface area contributed by atoms with Crippen LogP contribution < -0.4 is 0 Å². The zero-order chi connectivity index (χ0) is 27.2. The summed E-state index contributed by atoms with van der Waals surface area (Å²) in [4.78, 5) is 24.0. The molecule has 6 nitrogen and oxygen atoms in total. The van der Waals surface area contributed by atoms with Crippen LogP contribution in [0.3, 0.4) is 0 Å². The molecule has 206 valence electrons. The van der Waals surface area contributed by atoms with Gasteiger partial charge < -0.3 is 19.7 Å². The first-order chi connectivity index (χ1) is 17.8. The van der Waals surface area contributed by atoms with Gasteiger partial charge in [0.1, 0.15) is 13.2 Å². The number of aryl methyl sites for hydroxylation is 2. The lowest BCUT2D eigenvalue weighted by molar-refractivity contribution is -0.142. The van der Waals surface area contributed by atoms with E-state index < -0.39 is 31.1 Å². The maximum Gasteiger partial charge on any atom is 0.335 e. The minimum atomic E-state index is -0.688. The number of hydrogen-bond donors (Lipinski definition) is 2. The first kappa shape index (κ1) is 30.8. The highest BCUT2D eigenvalue weighted by Crippen LogP contribution is 2.34. The molecule has 0 saturated heterocycles. The molecule has 0 atom stereocenters. The average Bonchev–Trinajstić information content (AvgIpc) is 2.91. The van der Waals surface area contributed by atoms with Crippen LogP contribution in [0.25, 0.3) is 0 Å². The summed E-state index contributed by atoms with van der Waals surface area (Å²) in [6, 6.07) is 6.19. The minimum Gasteiger partial charge on any atom is -0.461 e. The number of esters is 2. The summed E-state index contributed by atoms with van der Waals surface area (Å²) in [5, 5.41) is 18.2. The molecular weight excluding hydrogens is 468 g/mol. The van der Waals surface area contributed by atoms with E-state index in [1.54, 1.807) is 0 Å². The van der Waals surface area contributed by atoms with Gasteiger partial charge in [0.25, 0.3) is 0 Å². The number of carbonyl (C=O) groups is 2. The van der Waals surface area contributed by atoms with Crippen LogP contribution in [0.5, 0.6) is 0 Å². The van der Waals surface area contributed by atoms with Gasteiger partial charge in [-0.3, -0.25) is 0 Å². The molecule has 1 fully saturated rings. The molecule has 0 unspecified atom stereocenters. The van der Waals surface area contributed by atoms with Gasteiger partial charge in [0.15, 0.2) is 0 Å². The highest BCUT2D eigenvalue weighted by molar-refractivity contribution is 5.88. The van der Waals surface area contributed by atoms with Crippen molar-refractivity contribution >= 4 is 11.9 Å². The second-order valence-electron chi connectivity index (χ2n) is 10.5. The van der Waals surface area contributed by atoms with Crippen LogP contribution >= 0.6 is 0 Å². The molecule has 6 heteroatoms. The van der Waals surface area contributed by atoms with Gasteiger partial charge in [-0.05, 0) is 48.3 Å². The molecular formula is C31H46O6. The van der Waals surface area contributed by atoms with E-state index in [4.69, 9.17) is 19.7 Å². The van der Waals surface area contributed by atoms with E-state index in [9.17, 15) is 9.59 Å². The summed E-state index contributed by atoms with van der Waals surface area (Å²) in [5.41, 5.74) is 3.28. The number of carbonyl (C=O) groups excluding carboxylic acids is 2. The van der Waals surface area contributed by atoms with E-state index in [0.29, 0.717) is 0 Å². The van der Waals surface area contributed by atoms with E-state index in [2.05, 4.69) is 39.1 Å². The number of ether oxygens (including phenoxy) is 2. The number of rotatable bonds is 16. The maximum atomic E-state index is 12.0. The van der Waals surface area contributed by atoms with Crippen molar-refractivity contribution in [3.05, 3.63) is 59.2 Å². The number of hydrogen-bond acceptors (Lipinski definition) is 6. The summed E-state index contributed by atoms with van der Waals surface area (Å²) < 4.78 is 10.6. The van der Waals surface area contributed by atoms with Crippen LogP contribution in [0.2, 0.25) is 0 Å². The lowest BCUT2D eigenvalue weighted by Crippen LogP contribution is -2.22. The maximum absolute atomic E-state index is 12.0. The van der Waals surface area contributed by atoms with Crippen molar-refractivity contribution in [2.75, 3.05) is 26.4 Å². The van der Waals surface area contributed by atoms with Gasteiger partial charge in [0, 0.05) is 0 Å². The largest absolute Gasteiger partial charge is 0.461 e. The highest BCUT2D eigenvalue weighted by Gasteiger charge is 2.22. The fourth-order valence-electron chi connectivity index (χ4n) is 5.03. The topological polar surface area (TPSA) is 93.1 Å². The predicted octanol–water partition coefficient (Wildman–Crippen LogP) is 5.58. The van der Waals surface area contributed by atoms with Gasteiger partial charge in [-0.15, -0.1) is 0 Å². The first-order valence-electron chi connectivity index (χ1n) is 13.8. The van der Waals surface area contributed by atoms with Crippen LogP contribution in [0.4, 0.5) is 0 Å². The Kier molecular flexibility index (Phi) is 13.7. The Labute approximate surface area is 222 Å². The molecule has 0 amide bonds. The van der Waals surface area contributed by atoms with Crippen molar-refractivity contribution in [2.45, 2.75) is 84.0 Å². The predicted molar refractivity (Wildman–Crippen MR) is 146 cm³/mol. The van der Waals surface area contributed by atoms with E-state index >= 15 is 0 Å². The zero-order valence-corrected chi connectivity index (χ0v) is 22.8.